The first-order chi connectivity index (χ1) is 9.54. The number of hydrogen-bond donors (Lipinski definition) is 1. The Labute approximate surface area is 121 Å². The lowest BCUT2D eigenvalue weighted by Crippen LogP contribution is -2.35. The number of halogens is 1. The number of aliphatic hydroxyl groups excluding tert-OH is 1. The highest BCUT2D eigenvalue weighted by Gasteiger charge is 2.24. The zero-order chi connectivity index (χ0) is 14.7. The Morgan fingerprint density at radius 3 is 2.75 bits per heavy atom. The number of hydrogen-bond acceptors (Lipinski definition) is 2. The average molecular weight is 279 g/mol. The van der Waals surface area contributed by atoms with Gasteiger partial charge in [0.15, 0.2) is 0 Å². The molecular weight excluding hydrogens is 253 g/mol. The second-order valence-corrected chi connectivity index (χ2v) is 5.94. The molecule has 2 atom stereocenters. The molecular formula is C17H26FNO. The SMILES string of the molecule is CCC1CCCCCN1c1cc(C)c(F)cc1[C@H](C)O. The van der Waals surface area contributed by atoms with E-state index in [4.69, 9.17) is 0 Å². The van der Waals surface area contributed by atoms with E-state index in [9.17, 15) is 9.50 Å². The molecule has 0 bridgehead atoms. The summed E-state index contributed by atoms with van der Waals surface area (Å²) in [6, 6.07) is 3.91. The summed E-state index contributed by atoms with van der Waals surface area (Å²) in [4.78, 5) is 2.39. The number of rotatable bonds is 3. The summed E-state index contributed by atoms with van der Waals surface area (Å²) in [5.74, 6) is -0.229. The van der Waals surface area contributed by atoms with Crippen LogP contribution in [0.2, 0.25) is 0 Å². The topological polar surface area (TPSA) is 23.5 Å². The first kappa shape index (κ1) is 15.3. The maximum absolute atomic E-state index is 13.8. The lowest BCUT2D eigenvalue weighted by Gasteiger charge is -2.34. The van der Waals surface area contributed by atoms with Crippen LogP contribution in [-0.2, 0) is 0 Å². The third-order valence-electron chi connectivity index (χ3n) is 4.42. The number of anilines is 1. The van der Waals surface area contributed by atoms with Crippen LogP contribution >= 0.6 is 0 Å². The van der Waals surface area contributed by atoms with Gasteiger partial charge in [0.2, 0.25) is 0 Å². The molecule has 20 heavy (non-hydrogen) atoms. The minimum absolute atomic E-state index is 0.229. The van der Waals surface area contributed by atoms with E-state index in [1.165, 1.54) is 31.7 Å². The molecule has 0 amide bonds. The minimum Gasteiger partial charge on any atom is -0.389 e. The van der Waals surface area contributed by atoms with Crippen molar-refractivity contribution in [1.29, 1.82) is 0 Å². The molecule has 0 spiro atoms. The van der Waals surface area contributed by atoms with Gasteiger partial charge in [0.25, 0.3) is 0 Å². The fraction of sp³-hybridized carbons (Fsp3) is 0.647. The average Bonchev–Trinajstić information content (AvgIpc) is 2.66. The molecule has 1 saturated heterocycles. The molecule has 0 saturated carbocycles. The Balaban J connectivity index is 2.45. The van der Waals surface area contributed by atoms with Crippen molar-refractivity contribution in [3.8, 4) is 0 Å². The van der Waals surface area contributed by atoms with Gasteiger partial charge in [-0.3, -0.25) is 0 Å². The zero-order valence-electron chi connectivity index (χ0n) is 12.8. The molecule has 3 heteroatoms. The van der Waals surface area contributed by atoms with Crippen molar-refractivity contribution >= 4 is 5.69 Å². The van der Waals surface area contributed by atoms with Gasteiger partial charge in [-0.1, -0.05) is 19.8 Å². The molecule has 112 valence electrons. The smallest absolute Gasteiger partial charge is 0.126 e. The first-order valence-corrected chi connectivity index (χ1v) is 7.79. The fourth-order valence-corrected chi connectivity index (χ4v) is 3.18. The zero-order valence-corrected chi connectivity index (χ0v) is 12.8. The molecule has 1 N–H and O–H groups in total. The molecule has 1 aliphatic heterocycles. The van der Waals surface area contributed by atoms with Crippen LogP contribution in [0.15, 0.2) is 12.1 Å². The summed E-state index contributed by atoms with van der Waals surface area (Å²) in [6.07, 6.45) is 5.34. The normalized spacial score (nSPS) is 21.6. The fourth-order valence-electron chi connectivity index (χ4n) is 3.18. The summed E-state index contributed by atoms with van der Waals surface area (Å²) in [5, 5.41) is 9.99. The van der Waals surface area contributed by atoms with Gasteiger partial charge in [0.1, 0.15) is 5.82 Å². The Kier molecular flexibility index (Phi) is 5.03. The van der Waals surface area contributed by atoms with Gasteiger partial charge < -0.3 is 10.0 Å². The van der Waals surface area contributed by atoms with Crippen molar-refractivity contribution in [3.05, 3.63) is 29.1 Å². The van der Waals surface area contributed by atoms with Crippen LogP contribution in [0.1, 0.15) is 63.2 Å². The predicted molar refractivity (Wildman–Crippen MR) is 81.7 cm³/mol. The van der Waals surface area contributed by atoms with Crippen molar-refractivity contribution in [2.45, 2.75) is 65.0 Å². The summed E-state index contributed by atoms with van der Waals surface area (Å²) in [6.45, 7) is 6.72. The second kappa shape index (κ2) is 6.57. The highest BCUT2D eigenvalue weighted by molar-refractivity contribution is 5.57. The Hall–Kier alpha value is -1.09. The Morgan fingerprint density at radius 2 is 2.10 bits per heavy atom. The van der Waals surface area contributed by atoms with Crippen LogP contribution in [0.5, 0.6) is 0 Å². The molecule has 1 aliphatic rings. The molecule has 1 aromatic rings. The van der Waals surface area contributed by atoms with Crippen LogP contribution < -0.4 is 4.90 Å². The van der Waals surface area contributed by atoms with Crippen molar-refractivity contribution in [2.75, 3.05) is 11.4 Å². The third-order valence-corrected chi connectivity index (χ3v) is 4.42. The van der Waals surface area contributed by atoms with Gasteiger partial charge >= 0.3 is 0 Å². The number of benzene rings is 1. The van der Waals surface area contributed by atoms with E-state index in [0.717, 1.165) is 18.7 Å². The van der Waals surface area contributed by atoms with E-state index in [0.29, 0.717) is 17.2 Å². The van der Waals surface area contributed by atoms with E-state index in [1.807, 2.05) is 6.07 Å². The Morgan fingerprint density at radius 1 is 1.35 bits per heavy atom. The quantitative estimate of drug-likeness (QED) is 0.889. The molecule has 1 aromatic carbocycles. The van der Waals surface area contributed by atoms with Crippen molar-refractivity contribution in [2.24, 2.45) is 0 Å². The Bertz CT molecular complexity index is 459. The molecule has 0 aromatic heterocycles. The summed E-state index contributed by atoms with van der Waals surface area (Å²) >= 11 is 0. The highest BCUT2D eigenvalue weighted by atomic mass is 19.1. The second-order valence-electron chi connectivity index (χ2n) is 5.94. The molecule has 1 heterocycles. The summed E-state index contributed by atoms with van der Waals surface area (Å²) < 4.78 is 13.8. The van der Waals surface area contributed by atoms with Gasteiger partial charge in [-0.25, -0.2) is 4.39 Å². The minimum atomic E-state index is -0.638. The van der Waals surface area contributed by atoms with Crippen LogP contribution in [0, 0.1) is 12.7 Å². The van der Waals surface area contributed by atoms with Crippen LogP contribution in [0.3, 0.4) is 0 Å². The lowest BCUT2D eigenvalue weighted by atomic mass is 10.0. The van der Waals surface area contributed by atoms with Gasteiger partial charge in [-0.05, 0) is 50.8 Å². The first-order valence-electron chi connectivity index (χ1n) is 7.79. The molecule has 0 aliphatic carbocycles. The predicted octanol–water partition coefficient (Wildman–Crippen LogP) is 4.35. The largest absolute Gasteiger partial charge is 0.389 e. The van der Waals surface area contributed by atoms with Gasteiger partial charge in [-0.2, -0.15) is 0 Å². The number of nitrogens with zero attached hydrogens (tertiary/aromatic N) is 1. The number of aryl methyl sites for hydroxylation is 1. The summed E-state index contributed by atoms with van der Waals surface area (Å²) in [7, 11) is 0. The lowest BCUT2D eigenvalue weighted by molar-refractivity contribution is 0.199. The molecule has 2 nitrogen and oxygen atoms in total. The van der Waals surface area contributed by atoms with Gasteiger partial charge in [0.05, 0.1) is 6.10 Å². The molecule has 2 rings (SSSR count). The molecule has 0 radical (unpaired) electrons. The van der Waals surface area contributed by atoms with Crippen molar-refractivity contribution < 1.29 is 9.50 Å². The maximum Gasteiger partial charge on any atom is 0.126 e. The van der Waals surface area contributed by atoms with E-state index in [1.54, 1.807) is 13.8 Å². The summed E-state index contributed by atoms with van der Waals surface area (Å²) in [5.41, 5.74) is 2.39. The van der Waals surface area contributed by atoms with Crippen LogP contribution in [0.25, 0.3) is 0 Å². The third kappa shape index (κ3) is 3.14. The van der Waals surface area contributed by atoms with Crippen molar-refractivity contribution in [3.63, 3.8) is 0 Å². The van der Waals surface area contributed by atoms with E-state index in [2.05, 4.69) is 11.8 Å². The van der Waals surface area contributed by atoms with Gasteiger partial charge in [-0.15, -0.1) is 0 Å². The van der Waals surface area contributed by atoms with Gasteiger partial charge in [0, 0.05) is 23.8 Å². The number of aliphatic hydroxyl groups is 1. The van der Waals surface area contributed by atoms with E-state index in [-0.39, 0.29) is 5.82 Å². The molecule has 1 fully saturated rings. The van der Waals surface area contributed by atoms with Crippen LogP contribution in [0.4, 0.5) is 10.1 Å². The standard InChI is InChI=1S/C17H26FNO/c1-4-14-8-6-5-7-9-19(14)17-10-12(2)16(18)11-15(17)13(3)20/h10-11,13-14,20H,4-9H2,1-3H3/t13-,14?/m0/s1. The monoisotopic (exact) mass is 279 g/mol. The van der Waals surface area contributed by atoms with Crippen LogP contribution in [-0.4, -0.2) is 17.7 Å². The van der Waals surface area contributed by atoms with Crippen molar-refractivity contribution in [1.82, 2.24) is 0 Å². The molecule has 1 unspecified atom stereocenters. The highest BCUT2D eigenvalue weighted by Crippen LogP contribution is 2.33. The van der Waals surface area contributed by atoms with E-state index < -0.39 is 6.10 Å². The van der Waals surface area contributed by atoms with E-state index >= 15 is 0 Å². The maximum atomic E-state index is 13.8.